The molecule has 2 rings (SSSR count). The number of nitrogens with one attached hydrogen (secondary N) is 2. The lowest BCUT2D eigenvalue weighted by Crippen LogP contribution is -2.65. The number of urea groups is 1. The van der Waals surface area contributed by atoms with Gasteiger partial charge in [-0.3, -0.25) is 9.80 Å². The predicted octanol–water partition coefficient (Wildman–Crippen LogP) is 3.59. The molecule has 2 amide bonds. The van der Waals surface area contributed by atoms with Crippen LogP contribution in [0.3, 0.4) is 0 Å². The fourth-order valence-corrected chi connectivity index (χ4v) is 5.36. The third-order valence-electron chi connectivity index (χ3n) is 7.29. The molecule has 0 aromatic rings. The van der Waals surface area contributed by atoms with Crippen LogP contribution in [0, 0.1) is 0 Å². The van der Waals surface area contributed by atoms with Crippen molar-refractivity contribution >= 4 is 6.03 Å². The van der Waals surface area contributed by atoms with E-state index in [1.807, 2.05) is 0 Å². The Morgan fingerprint density at radius 2 is 0.885 bits per heavy atom. The molecule has 2 fully saturated rings. The van der Waals surface area contributed by atoms with Crippen molar-refractivity contribution in [1.29, 1.82) is 0 Å². The first-order valence-electron chi connectivity index (χ1n) is 10.1. The third-order valence-corrected chi connectivity index (χ3v) is 7.29. The minimum absolute atomic E-state index is 0.00712. The molecular formula is C21H42N4O. The van der Waals surface area contributed by atoms with E-state index in [1.165, 1.54) is 0 Å². The van der Waals surface area contributed by atoms with Gasteiger partial charge in [-0.2, -0.15) is 0 Å². The topological polar surface area (TPSA) is 47.6 Å². The van der Waals surface area contributed by atoms with Crippen LogP contribution in [0.4, 0.5) is 4.79 Å². The Morgan fingerprint density at radius 3 is 1.12 bits per heavy atom. The van der Waals surface area contributed by atoms with E-state index in [1.54, 1.807) is 0 Å². The molecule has 2 heterocycles. The first-order valence-corrected chi connectivity index (χ1v) is 10.1. The van der Waals surface area contributed by atoms with E-state index in [9.17, 15) is 4.79 Å². The summed E-state index contributed by atoms with van der Waals surface area (Å²) >= 11 is 0. The zero-order chi connectivity index (χ0) is 20.1. The van der Waals surface area contributed by atoms with E-state index < -0.39 is 0 Å². The zero-order valence-corrected chi connectivity index (χ0v) is 18.8. The molecule has 5 nitrogen and oxygen atoms in total. The number of likely N-dealkylation sites (tertiary alicyclic amines) is 2. The van der Waals surface area contributed by atoms with Crippen molar-refractivity contribution < 1.29 is 4.79 Å². The van der Waals surface area contributed by atoms with Gasteiger partial charge in [0.25, 0.3) is 0 Å². The van der Waals surface area contributed by atoms with E-state index in [0.717, 1.165) is 25.7 Å². The Morgan fingerprint density at radius 1 is 0.654 bits per heavy atom. The molecule has 152 valence electrons. The Bertz CT molecular complexity index is 456. The van der Waals surface area contributed by atoms with Gasteiger partial charge in [-0.1, -0.05) is 0 Å². The summed E-state index contributed by atoms with van der Waals surface area (Å²) in [4.78, 5) is 17.6. The van der Waals surface area contributed by atoms with Crippen molar-refractivity contribution in [2.45, 2.75) is 115 Å². The number of carbonyl (C=O) groups excluding carboxylic acids is 1. The molecule has 2 saturated heterocycles. The molecule has 2 aliphatic heterocycles. The van der Waals surface area contributed by atoms with E-state index in [2.05, 4.69) is 89.9 Å². The lowest BCUT2D eigenvalue weighted by Gasteiger charge is -2.54. The number of piperidine rings is 2. The van der Waals surface area contributed by atoms with Crippen molar-refractivity contribution in [2.75, 3.05) is 14.1 Å². The van der Waals surface area contributed by atoms with Crippen molar-refractivity contribution in [2.24, 2.45) is 0 Å². The quantitative estimate of drug-likeness (QED) is 0.785. The second kappa shape index (κ2) is 6.66. The molecule has 0 saturated carbocycles. The van der Waals surface area contributed by atoms with Crippen LogP contribution in [-0.2, 0) is 0 Å². The van der Waals surface area contributed by atoms with Gasteiger partial charge in [0.2, 0.25) is 0 Å². The smallest absolute Gasteiger partial charge is 0.315 e. The molecule has 0 radical (unpaired) electrons. The zero-order valence-electron chi connectivity index (χ0n) is 18.8. The van der Waals surface area contributed by atoms with Gasteiger partial charge >= 0.3 is 6.03 Å². The Hall–Kier alpha value is -0.810. The van der Waals surface area contributed by atoms with Crippen LogP contribution in [0.1, 0.15) is 81.1 Å². The third kappa shape index (κ3) is 4.36. The maximum Gasteiger partial charge on any atom is 0.315 e. The summed E-state index contributed by atoms with van der Waals surface area (Å²) in [6, 6.07) is 0.416. The Kier molecular flexibility index (Phi) is 5.51. The molecule has 5 heteroatoms. The number of hydrogen-bond donors (Lipinski definition) is 2. The van der Waals surface area contributed by atoms with Crippen molar-refractivity contribution in [3.8, 4) is 0 Å². The molecule has 0 atom stereocenters. The summed E-state index contributed by atoms with van der Waals surface area (Å²) in [5.41, 5.74) is 0.322. The van der Waals surface area contributed by atoms with Crippen molar-refractivity contribution in [3.05, 3.63) is 0 Å². The molecule has 0 aliphatic carbocycles. The molecule has 0 unspecified atom stereocenters. The average Bonchev–Trinajstić information content (AvgIpc) is 2.40. The highest BCUT2D eigenvalue weighted by Crippen LogP contribution is 2.38. The van der Waals surface area contributed by atoms with E-state index in [-0.39, 0.29) is 40.3 Å². The van der Waals surface area contributed by atoms with E-state index in [0.29, 0.717) is 0 Å². The van der Waals surface area contributed by atoms with E-state index in [4.69, 9.17) is 0 Å². The van der Waals surface area contributed by atoms with Gasteiger partial charge in [0, 0.05) is 34.2 Å². The van der Waals surface area contributed by atoms with E-state index >= 15 is 0 Å². The van der Waals surface area contributed by atoms with Gasteiger partial charge in [-0.25, -0.2) is 4.79 Å². The van der Waals surface area contributed by atoms with Gasteiger partial charge in [0.15, 0.2) is 0 Å². The first kappa shape index (κ1) is 21.5. The van der Waals surface area contributed by atoms with Crippen LogP contribution >= 0.6 is 0 Å². The fraction of sp³-hybridized carbons (Fsp3) is 0.952. The molecule has 2 aliphatic rings. The summed E-state index contributed by atoms with van der Waals surface area (Å²) < 4.78 is 0. The normalized spacial score (nSPS) is 29.3. The summed E-state index contributed by atoms with van der Waals surface area (Å²) in [6.45, 7) is 18.1. The molecule has 0 spiro atoms. The van der Waals surface area contributed by atoms with Crippen LogP contribution < -0.4 is 10.6 Å². The van der Waals surface area contributed by atoms with Crippen molar-refractivity contribution in [1.82, 2.24) is 20.4 Å². The summed E-state index contributed by atoms with van der Waals surface area (Å²) in [6.07, 6.45) is 3.91. The van der Waals surface area contributed by atoms with Gasteiger partial charge in [0.1, 0.15) is 0 Å². The number of rotatable bonds is 2. The largest absolute Gasteiger partial charge is 0.335 e. The summed E-state index contributed by atoms with van der Waals surface area (Å²) in [7, 11) is 4.39. The minimum Gasteiger partial charge on any atom is -0.335 e. The molecule has 0 aromatic carbocycles. The highest BCUT2D eigenvalue weighted by Gasteiger charge is 2.45. The minimum atomic E-state index is -0.00712. The second-order valence-corrected chi connectivity index (χ2v) is 11.2. The maximum atomic E-state index is 12.7. The average molecular weight is 367 g/mol. The molecule has 0 aromatic heterocycles. The number of nitrogens with zero attached hydrogens (tertiary/aromatic N) is 2. The van der Waals surface area contributed by atoms with Gasteiger partial charge in [-0.15, -0.1) is 0 Å². The van der Waals surface area contributed by atoms with Crippen LogP contribution in [0.15, 0.2) is 0 Å². The highest BCUT2D eigenvalue weighted by atomic mass is 16.2. The fourth-order valence-electron chi connectivity index (χ4n) is 5.36. The summed E-state index contributed by atoms with van der Waals surface area (Å²) in [5.74, 6) is 0. The maximum absolute atomic E-state index is 12.7. The molecule has 2 N–H and O–H groups in total. The predicted molar refractivity (Wildman–Crippen MR) is 110 cm³/mol. The standard InChI is InChI=1S/C21H42N4O/c1-18(2)11-15(12-19(3,4)24(18)9)22-17(26)23-16-13-20(5,6)25(10)21(7,8)14-16/h15-16H,11-14H2,1-10H3,(H2,22,23,26). The van der Waals surface area contributed by atoms with Crippen LogP contribution in [-0.4, -0.2) is 64.2 Å². The Balaban J connectivity index is 1.99. The van der Waals surface area contributed by atoms with Crippen LogP contribution in [0.25, 0.3) is 0 Å². The summed E-state index contributed by atoms with van der Waals surface area (Å²) in [5, 5.41) is 6.55. The molecular weight excluding hydrogens is 324 g/mol. The molecule has 0 bridgehead atoms. The van der Waals surface area contributed by atoms with Gasteiger partial charge < -0.3 is 10.6 Å². The van der Waals surface area contributed by atoms with Gasteiger partial charge in [0.05, 0.1) is 0 Å². The SMILES string of the molecule is CN1C(C)(C)CC(NC(=O)NC2CC(C)(C)N(C)C(C)(C)C2)CC1(C)C. The second-order valence-electron chi connectivity index (χ2n) is 11.2. The monoisotopic (exact) mass is 366 g/mol. The first-order chi connectivity index (χ1) is 11.6. The van der Waals surface area contributed by atoms with Crippen LogP contribution in [0.2, 0.25) is 0 Å². The van der Waals surface area contributed by atoms with Gasteiger partial charge in [-0.05, 0) is 95.2 Å². The Labute approximate surface area is 161 Å². The molecule has 26 heavy (non-hydrogen) atoms. The lowest BCUT2D eigenvalue weighted by atomic mass is 9.77. The number of amides is 2. The van der Waals surface area contributed by atoms with Crippen molar-refractivity contribution in [3.63, 3.8) is 0 Å². The lowest BCUT2D eigenvalue weighted by molar-refractivity contribution is -0.0192. The van der Waals surface area contributed by atoms with Crippen LogP contribution in [0.5, 0.6) is 0 Å². The number of hydrogen-bond acceptors (Lipinski definition) is 3. The highest BCUT2D eigenvalue weighted by molar-refractivity contribution is 5.74. The number of carbonyl (C=O) groups is 1.